The van der Waals surface area contributed by atoms with E-state index in [1.165, 1.54) is 12.1 Å². The Morgan fingerprint density at radius 3 is 2.45 bits per heavy atom. The molecular formula is C14H9F3N2O2S. The second-order valence-corrected chi connectivity index (χ2v) is 5.29. The molecule has 3 rings (SSSR count). The number of fused-ring (bicyclic) bond motifs is 1. The SMILES string of the molecule is Nc1ccc(Oc2nc3c(OC(F)(F)F)cccc3s2)cc1. The van der Waals surface area contributed by atoms with Gasteiger partial charge in [-0.3, -0.25) is 0 Å². The average molecular weight is 326 g/mol. The number of aromatic nitrogens is 1. The molecule has 4 nitrogen and oxygen atoms in total. The van der Waals surface area contributed by atoms with Gasteiger partial charge in [0.25, 0.3) is 5.19 Å². The van der Waals surface area contributed by atoms with Gasteiger partial charge < -0.3 is 15.2 Å². The number of nitrogen functional groups attached to an aromatic ring is 1. The molecule has 0 fully saturated rings. The number of hydrogen-bond acceptors (Lipinski definition) is 5. The van der Waals surface area contributed by atoms with Gasteiger partial charge in [0.1, 0.15) is 11.3 Å². The Labute approximate surface area is 126 Å². The van der Waals surface area contributed by atoms with Crippen molar-refractivity contribution < 1.29 is 22.6 Å². The van der Waals surface area contributed by atoms with Gasteiger partial charge in [0, 0.05) is 5.69 Å². The zero-order valence-corrected chi connectivity index (χ0v) is 11.7. The average Bonchev–Trinajstić information content (AvgIpc) is 2.83. The lowest BCUT2D eigenvalue weighted by molar-refractivity contribution is -0.274. The van der Waals surface area contributed by atoms with E-state index in [0.717, 1.165) is 11.3 Å². The lowest BCUT2D eigenvalue weighted by atomic mass is 10.3. The molecule has 0 bridgehead atoms. The normalized spacial score (nSPS) is 11.6. The Balaban J connectivity index is 1.92. The summed E-state index contributed by atoms with van der Waals surface area (Å²) in [6, 6.07) is 10.9. The first-order valence-corrected chi connectivity index (χ1v) is 6.91. The van der Waals surface area contributed by atoms with Crippen molar-refractivity contribution >= 4 is 27.2 Å². The number of halogens is 3. The molecule has 1 aromatic heterocycles. The van der Waals surface area contributed by atoms with Crippen molar-refractivity contribution in [2.75, 3.05) is 5.73 Å². The van der Waals surface area contributed by atoms with Crippen LogP contribution in [0.4, 0.5) is 18.9 Å². The summed E-state index contributed by atoms with van der Waals surface area (Å²) < 4.78 is 47.1. The molecule has 0 radical (unpaired) electrons. The summed E-state index contributed by atoms with van der Waals surface area (Å²) in [4.78, 5) is 4.05. The first kappa shape index (κ1) is 14.5. The van der Waals surface area contributed by atoms with Crippen molar-refractivity contribution in [3.8, 4) is 16.7 Å². The van der Waals surface area contributed by atoms with Crippen LogP contribution in [0, 0.1) is 0 Å². The number of thiazole rings is 1. The van der Waals surface area contributed by atoms with Crippen molar-refractivity contribution in [3.63, 3.8) is 0 Å². The van der Waals surface area contributed by atoms with Crippen LogP contribution in [0.3, 0.4) is 0 Å². The van der Waals surface area contributed by atoms with E-state index in [1.807, 2.05) is 0 Å². The highest BCUT2D eigenvalue weighted by Crippen LogP contribution is 2.37. The van der Waals surface area contributed by atoms with Gasteiger partial charge in [-0.25, -0.2) is 0 Å². The van der Waals surface area contributed by atoms with Crippen LogP contribution in [0.25, 0.3) is 10.2 Å². The van der Waals surface area contributed by atoms with Crippen LogP contribution in [0.2, 0.25) is 0 Å². The largest absolute Gasteiger partial charge is 0.573 e. The molecule has 0 aliphatic heterocycles. The molecule has 114 valence electrons. The number of benzene rings is 2. The van der Waals surface area contributed by atoms with E-state index >= 15 is 0 Å². The molecule has 0 aliphatic carbocycles. The summed E-state index contributed by atoms with van der Waals surface area (Å²) in [5.74, 6) is 0.139. The fraction of sp³-hybridized carbons (Fsp3) is 0.0714. The second-order valence-electron chi connectivity index (χ2n) is 4.30. The summed E-state index contributed by atoms with van der Waals surface area (Å²) in [6.45, 7) is 0. The Hall–Kier alpha value is -2.48. The fourth-order valence-electron chi connectivity index (χ4n) is 1.79. The van der Waals surface area contributed by atoms with Crippen molar-refractivity contribution in [1.29, 1.82) is 0 Å². The minimum Gasteiger partial charge on any atom is -0.431 e. The molecule has 2 N–H and O–H groups in total. The minimum absolute atomic E-state index is 0.107. The molecule has 2 aromatic carbocycles. The van der Waals surface area contributed by atoms with E-state index in [-0.39, 0.29) is 16.5 Å². The zero-order valence-electron chi connectivity index (χ0n) is 10.9. The number of ether oxygens (including phenoxy) is 2. The molecule has 0 aliphatic rings. The van der Waals surface area contributed by atoms with Crippen LogP contribution < -0.4 is 15.2 Å². The maximum atomic E-state index is 12.4. The van der Waals surface area contributed by atoms with Crippen LogP contribution in [0.15, 0.2) is 42.5 Å². The summed E-state index contributed by atoms with van der Waals surface area (Å²) in [5.41, 5.74) is 6.26. The Morgan fingerprint density at radius 1 is 1.05 bits per heavy atom. The smallest absolute Gasteiger partial charge is 0.431 e. The maximum absolute atomic E-state index is 12.4. The Morgan fingerprint density at radius 2 is 1.77 bits per heavy atom. The predicted octanol–water partition coefficient (Wildman–Crippen LogP) is 4.57. The Bertz CT molecular complexity index is 800. The van der Waals surface area contributed by atoms with Crippen molar-refractivity contribution in [2.24, 2.45) is 0 Å². The first-order valence-electron chi connectivity index (χ1n) is 6.09. The third kappa shape index (κ3) is 3.22. The van der Waals surface area contributed by atoms with E-state index < -0.39 is 6.36 Å². The summed E-state index contributed by atoms with van der Waals surface area (Å²) >= 11 is 1.12. The minimum atomic E-state index is -4.77. The molecule has 0 unspecified atom stereocenters. The van der Waals surface area contributed by atoms with Gasteiger partial charge in [0.2, 0.25) is 0 Å². The van der Waals surface area contributed by atoms with E-state index in [4.69, 9.17) is 10.5 Å². The van der Waals surface area contributed by atoms with Gasteiger partial charge in [-0.15, -0.1) is 13.2 Å². The molecular weight excluding hydrogens is 317 g/mol. The van der Waals surface area contributed by atoms with E-state index in [2.05, 4.69) is 9.72 Å². The Kier molecular flexibility index (Phi) is 3.53. The first-order chi connectivity index (χ1) is 10.4. The lowest BCUT2D eigenvalue weighted by Crippen LogP contribution is -2.17. The van der Waals surface area contributed by atoms with Gasteiger partial charge in [-0.1, -0.05) is 17.4 Å². The molecule has 0 spiro atoms. The summed E-state index contributed by atoms with van der Waals surface area (Å²) in [5, 5.41) is 0.220. The molecule has 0 saturated heterocycles. The summed E-state index contributed by atoms with van der Waals surface area (Å²) in [6.07, 6.45) is -4.77. The lowest BCUT2D eigenvalue weighted by Gasteiger charge is -2.08. The maximum Gasteiger partial charge on any atom is 0.573 e. The standard InChI is InChI=1S/C14H9F3N2O2S/c15-14(16,17)21-10-2-1-3-11-12(10)19-13(22-11)20-9-6-4-8(18)5-7-9/h1-7H,18H2. The molecule has 8 heteroatoms. The number of hydrogen-bond donors (Lipinski definition) is 1. The molecule has 22 heavy (non-hydrogen) atoms. The van der Waals surface area contributed by atoms with Crippen LogP contribution >= 0.6 is 11.3 Å². The van der Waals surface area contributed by atoms with Crippen LogP contribution in [0.5, 0.6) is 16.7 Å². The van der Waals surface area contributed by atoms with E-state index in [0.29, 0.717) is 16.1 Å². The predicted molar refractivity (Wildman–Crippen MR) is 77.2 cm³/mol. The molecule has 1 heterocycles. The van der Waals surface area contributed by atoms with Gasteiger partial charge in [-0.05, 0) is 36.4 Å². The highest BCUT2D eigenvalue weighted by molar-refractivity contribution is 7.20. The fourth-order valence-corrected chi connectivity index (χ4v) is 2.64. The molecule has 0 saturated carbocycles. The topological polar surface area (TPSA) is 57.4 Å². The molecule has 0 amide bonds. The van der Waals surface area contributed by atoms with Gasteiger partial charge >= 0.3 is 6.36 Å². The monoisotopic (exact) mass is 326 g/mol. The van der Waals surface area contributed by atoms with E-state index in [9.17, 15) is 13.2 Å². The molecule has 3 aromatic rings. The third-order valence-corrected chi connectivity index (χ3v) is 3.57. The van der Waals surface area contributed by atoms with E-state index in [1.54, 1.807) is 30.3 Å². The number of para-hydroxylation sites is 1. The van der Waals surface area contributed by atoms with Gasteiger partial charge in [-0.2, -0.15) is 4.98 Å². The van der Waals surface area contributed by atoms with Crippen molar-refractivity contribution in [2.45, 2.75) is 6.36 Å². The quantitative estimate of drug-likeness (QED) is 0.716. The second kappa shape index (κ2) is 5.38. The summed E-state index contributed by atoms with van der Waals surface area (Å²) in [7, 11) is 0. The number of nitrogens with zero attached hydrogens (tertiary/aromatic N) is 1. The van der Waals surface area contributed by atoms with Crippen molar-refractivity contribution in [1.82, 2.24) is 4.98 Å². The number of anilines is 1. The highest BCUT2D eigenvalue weighted by Gasteiger charge is 2.32. The van der Waals surface area contributed by atoms with Crippen LogP contribution in [-0.2, 0) is 0 Å². The zero-order chi connectivity index (χ0) is 15.7. The number of nitrogens with two attached hydrogens (primary N) is 1. The number of rotatable bonds is 3. The molecule has 0 atom stereocenters. The van der Waals surface area contributed by atoms with Crippen LogP contribution in [0.1, 0.15) is 0 Å². The highest BCUT2D eigenvalue weighted by atomic mass is 32.1. The number of alkyl halides is 3. The third-order valence-electron chi connectivity index (χ3n) is 2.67. The van der Waals surface area contributed by atoms with Crippen molar-refractivity contribution in [3.05, 3.63) is 42.5 Å². The van der Waals surface area contributed by atoms with Crippen LogP contribution in [-0.4, -0.2) is 11.3 Å². The van der Waals surface area contributed by atoms with Gasteiger partial charge in [0.05, 0.1) is 4.70 Å². The van der Waals surface area contributed by atoms with Gasteiger partial charge in [0.15, 0.2) is 5.75 Å².